The second-order valence-electron chi connectivity index (χ2n) is 6.58. The number of methoxy groups -OCH3 is 3. The molecule has 0 aliphatic heterocycles. The summed E-state index contributed by atoms with van der Waals surface area (Å²) in [5, 5.41) is 8.51. The van der Waals surface area contributed by atoms with Gasteiger partial charge in [0.2, 0.25) is 0 Å². The van der Waals surface area contributed by atoms with Crippen molar-refractivity contribution in [1.82, 2.24) is 19.9 Å². The Kier molecular flexibility index (Phi) is 5.51. The Bertz CT molecular complexity index is 1290. The quantitative estimate of drug-likeness (QED) is 0.404. The van der Waals surface area contributed by atoms with Crippen molar-refractivity contribution in [3.63, 3.8) is 0 Å². The van der Waals surface area contributed by atoms with Crippen LogP contribution in [0.15, 0.2) is 52.1 Å². The number of hydrogen-bond donors (Lipinski definition) is 0. The molecule has 0 aliphatic rings. The van der Waals surface area contributed by atoms with Gasteiger partial charge < -0.3 is 18.7 Å². The molecule has 1 aromatic carbocycles. The van der Waals surface area contributed by atoms with E-state index in [-0.39, 0.29) is 27.8 Å². The number of ether oxygens (including phenoxy) is 3. The van der Waals surface area contributed by atoms with Crippen LogP contribution in [0.5, 0.6) is 17.2 Å². The second kappa shape index (κ2) is 8.26. The SMILES string of the molecule is COc1cccc(OC)c1S(=O)(=O)Cc1noc2nc(Cn3cccn3)cc(OC)c12. The number of aromatic nitrogens is 4. The molecular weight excluding hydrogens is 424 g/mol. The Morgan fingerprint density at radius 2 is 1.74 bits per heavy atom. The highest BCUT2D eigenvalue weighted by Gasteiger charge is 2.29. The predicted octanol–water partition coefficient (Wildman–Crippen LogP) is 2.47. The molecule has 0 aliphatic carbocycles. The molecule has 162 valence electrons. The highest BCUT2D eigenvalue weighted by atomic mass is 32.2. The summed E-state index contributed by atoms with van der Waals surface area (Å²) in [7, 11) is 0.373. The summed E-state index contributed by atoms with van der Waals surface area (Å²) >= 11 is 0. The van der Waals surface area contributed by atoms with E-state index in [9.17, 15) is 8.42 Å². The molecule has 4 aromatic rings. The van der Waals surface area contributed by atoms with E-state index in [4.69, 9.17) is 18.7 Å². The molecule has 0 bridgehead atoms. The number of benzene rings is 1. The molecule has 0 atom stereocenters. The van der Waals surface area contributed by atoms with Crippen LogP contribution < -0.4 is 14.2 Å². The van der Waals surface area contributed by atoms with Gasteiger partial charge in [-0.25, -0.2) is 13.4 Å². The molecular formula is C20H20N4O6S. The maximum absolute atomic E-state index is 13.3. The highest BCUT2D eigenvalue weighted by Crippen LogP contribution is 2.37. The Morgan fingerprint density at radius 1 is 1.03 bits per heavy atom. The Balaban J connectivity index is 1.76. The molecule has 0 amide bonds. The first kappa shape index (κ1) is 20.7. The van der Waals surface area contributed by atoms with Gasteiger partial charge in [-0.15, -0.1) is 0 Å². The fourth-order valence-electron chi connectivity index (χ4n) is 3.30. The molecule has 0 spiro atoms. The molecule has 11 heteroatoms. The van der Waals surface area contributed by atoms with E-state index < -0.39 is 15.6 Å². The van der Waals surface area contributed by atoms with Crippen LogP contribution in [0, 0.1) is 0 Å². The van der Waals surface area contributed by atoms with Crippen molar-refractivity contribution >= 4 is 20.9 Å². The van der Waals surface area contributed by atoms with E-state index in [1.165, 1.54) is 21.3 Å². The number of nitrogens with zero attached hydrogens (tertiary/aromatic N) is 4. The van der Waals surface area contributed by atoms with E-state index in [2.05, 4.69) is 15.2 Å². The minimum Gasteiger partial charge on any atom is -0.496 e. The van der Waals surface area contributed by atoms with Crippen LogP contribution in [0.25, 0.3) is 11.1 Å². The van der Waals surface area contributed by atoms with E-state index >= 15 is 0 Å². The van der Waals surface area contributed by atoms with E-state index in [1.807, 2.05) is 0 Å². The smallest absolute Gasteiger partial charge is 0.262 e. The molecule has 0 saturated heterocycles. The average molecular weight is 444 g/mol. The summed E-state index contributed by atoms with van der Waals surface area (Å²) < 4.78 is 49.5. The zero-order valence-corrected chi connectivity index (χ0v) is 17.9. The minimum atomic E-state index is -3.91. The van der Waals surface area contributed by atoms with Crippen LogP contribution >= 0.6 is 0 Å². The Morgan fingerprint density at radius 3 is 2.35 bits per heavy atom. The van der Waals surface area contributed by atoms with Gasteiger partial charge >= 0.3 is 0 Å². The molecule has 0 unspecified atom stereocenters. The summed E-state index contributed by atoms with van der Waals surface area (Å²) in [4.78, 5) is 4.38. The van der Waals surface area contributed by atoms with Gasteiger partial charge in [0.25, 0.3) is 5.71 Å². The number of pyridine rings is 1. The second-order valence-corrected chi connectivity index (χ2v) is 8.51. The van der Waals surface area contributed by atoms with Gasteiger partial charge in [0, 0.05) is 18.5 Å². The van der Waals surface area contributed by atoms with Gasteiger partial charge in [-0.2, -0.15) is 5.10 Å². The van der Waals surface area contributed by atoms with Crippen LogP contribution in [-0.2, 0) is 22.1 Å². The minimum absolute atomic E-state index is 0.0571. The molecule has 31 heavy (non-hydrogen) atoms. The summed E-state index contributed by atoms with van der Waals surface area (Å²) in [6.07, 6.45) is 3.47. The monoisotopic (exact) mass is 444 g/mol. The molecule has 4 rings (SSSR count). The lowest BCUT2D eigenvalue weighted by Gasteiger charge is -2.13. The molecule has 3 aromatic heterocycles. The Hall–Kier alpha value is -3.60. The number of rotatable bonds is 8. The molecule has 0 N–H and O–H groups in total. The van der Waals surface area contributed by atoms with Crippen molar-refractivity contribution in [1.29, 1.82) is 0 Å². The van der Waals surface area contributed by atoms with Gasteiger partial charge in [-0.05, 0) is 18.2 Å². The first-order valence-electron chi connectivity index (χ1n) is 9.20. The van der Waals surface area contributed by atoms with E-state index in [0.29, 0.717) is 23.4 Å². The van der Waals surface area contributed by atoms with E-state index in [0.717, 1.165) is 0 Å². The summed E-state index contributed by atoms with van der Waals surface area (Å²) in [5.74, 6) is 0.316. The van der Waals surface area contributed by atoms with Crippen LogP contribution in [-0.4, -0.2) is 49.7 Å². The summed E-state index contributed by atoms with van der Waals surface area (Å²) in [5.41, 5.74) is 0.988. The number of sulfone groups is 1. The molecule has 10 nitrogen and oxygen atoms in total. The van der Waals surface area contributed by atoms with Crippen molar-refractivity contribution in [2.45, 2.75) is 17.2 Å². The first-order chi connectivity index (χ1) is 15.0. The van der Waals surface area contributed by atoms with Crippen molar-refractivity contribution in [2.75, 3.05) is 21.3 Å². The van der Waals surface area contributed by atoms with Crippen molar-refractivity contribution in [3.8, 4) is 17.2 Å². The summed E-state index contributed by atoms with van der Waals surface area (Å²) in [6.45, 7) is 0.395. The van der Waals surface area contributed by atoms with Gasteiger partial charge in [-0.1, -0.05) is 11.2 Å². The third-order valence-electron chi connectivity index (χ3n) is 4.66. The predicted molar refractivity (Wildman–Crippen MR) is 110 cm³/mol. The highest BCUT2D eigenvalue weighted by molar-refractivity contribution is 7.90. The van der Waals surface area contributed by atoms with Crippen molar-refractivity contribution in [3.05, 3.63) is 54.1 Å². The van der Waals surface area contributed by atoms with Crippen LogP contribution in [0.1, 0.15) is 11.4 Å². The average Bonchev–Trinajstić information content (AvgIpc) is 3.42. The summed E-state index contributed by atoms with van der Waals surface area (Å²) in [6, 6.07) is 8.27. The fraction of sp³-hybridized carbons (Fsp3) is 0.250. The zero-order chi connectivity index (χ0) is 22.0. The maximum atomic E-state index is 13.3. The molecule has 0 saturated carbocycles. The van der Waals surface area contributed by atoms with Crippen LogP contribution in [0.2, 0.25) is 0 Å². The maximum Gasteiger partial charge on any atom is 0.262 e. The fourth-order valence-corrected chi connectivity index (χ4v) is 4.92. The third-order valence-corrected chi connectivity index (χ3v) is 6.34. The lowest BCUT2D eigenvalue weighted by molar-refractivity contribution is 0.373. The standard InChI is InChI=1S/C20H20N4O6S/c1-27-15-6-4-7-16(28-2)19(15)31(25,26)12-14-18-17(29-3)10-13(22-20(18)30-23-14)11-24-9-5-8-21-24/h4-10H,11-12H2,1-3H3. The van der Waals surface area contributed by atoms with E-state index in [1.54, 1.807) is 47.4 Å². The number of fused-ring (bicyclic) bond motifs is 1. The topological polar surface area (TPSA) is 119 Å². The van der Waals surface area contributed by atoms with Crippen LogP contribution in [0.3, 0.4) is 0 Å². The third kappa shape index (κ3) is 3.91. The van der Waals surface area contributed by atoms with Crippen molar-refractivity contribution in [2.24, 2.45) is 0 Å². The molecule has 3 heterocycles. The van der Waals surface area contributed by atoms with Crippen LogP contribution in [0.4, 0.5) is 0 Å². The van der Waals surface area contributed by atoms with Gasteiger partial charge in [-0.3, -0.25) is 4.68 Å². The number of hydrogen-bond acceptors (Lipinski definition) is 9. The molecule has 0 radical (unpaired) electrons. The normalized spacial score (nSPS) is 11.6. The van der Waals surface area contributed by atoms with Gasteiger partial charge in [0.15, 0.2) is 14.7 Å². The van der Waals surface area contributed by atoms with Crippen molar-refractivity contribution < 1.29 is 27.2 Å². The van der Waals surface area contributed by atoms with Gasteiger partial charge in [0.1, 0.15) is 34.1 Å². The van der Waals surface area contributed by atoms with Gasteiger partial charge in [0.05, 0.1) is 33.6 Å². The largest absolute Gasteiger partial charge is 0.496 e. The lowest BCUT2D eigenvalue weighted by atomic mass is 10.2. The Labute approximate surface area is 178 Å². The molecule has 0 fully saturated rings. The zero-order valence-electron chi connectivity index (χ0n) is 17.1. The lowest BCUT2D eigenvalue weighted by Crippen LogP contribution is -2.09. The first-order valence-corrected chi connectivity index (χ1v) is 10.9.